The number of nitrogens with zero attached hydrogens (tertiary/aromatic N) is 1. The third kappa shape index (κ3) is 4.90. The van der Waals surface area contributed by atoms with E-state index in [1.165, 1.54) is 5.39 Å². The third-order valence-electron chi connectivity index (χ3n) is 3.15. The lowest BCUT2D eigenvalue weighted by Crippen LogP contribution is -2.22. The van der Waals surface area contributed by atoms with Crippen molar-refractivity contribution in [2.75, 3.05) is 23.4 Å². The summed E-state index contributed by atoms with van der Waals surface area (Å²) in [6, 6.07) is 10.4. The Kier molecular flexibility index (Phi) is 5.48. The van der Waals surface area contributed by atoms with E-state index in [2.05, 4.69) is 35.4 Å². The van der Waals surface area contributed by atoms with Gasteiger partial charge in [-0.2, -0.15) is 11.8 Å². The van der Waals surface area contributed by atoms with E-state index in [0.29, 0.717) is 0 Å². The molecule has 1 heterocycles. The molecule has 0 amide bonds. The Morgan fingerprint density at radius 1 is 1.29 bits per heavy atom. The Balaban J connectivity index is 2.01. The van der Waals surface area contributed by atoms with Gasteiger partial charge in [0.1, 0.15) is 0 Å². The summed E-state index contributed by atoms with van der Waals surface area (Å²) >= 11 is 1.77. The average molecular weight is 304 g/mol. The molecule has 0 aliphatic carbocycles. The minimum Gasteiger partial charge on any atom is -0.390 e. The van der Waals surface area contributed by atoms with Crippen molar-refractivity contribution in [3.63, 3.8) is 0 Å². The average Bonchev–Trinajstić information content (AvgIpc) is 2.45. The second-order valence-corrected chi connectivity index (χ2v) is 6.93. The maximum absolute atomic E-state index is 9.69. The van der Waals surface area contributed by atoms with Crippen molar-refractivity contribution in [2.24, 2.45) is 0 Å². The molecular weight excluding hydrogens is 280 g/mol. The molecule has 0 radical (unpaired) electrons. The van der Waals surface area contributed by atoms with Crippen molar-refractivity contribution in [1.82, 2.24) is 4.98 Å². The molecule has 0 atom stereocenters. The van der Waals surface area contributed by atoms with Crippen molar-refractivity contribution in [3.05, 3.63) is 36.0 Å². The van der Waals surface area contributed by atoms with E-state index in [0.717, 1.165) is 41.4 Å². The number of thioether (sulfide) groups is 1. The Morgan fingerprint density at radius 2 is 2.05 bits per heavy atom. The predicted molar refractivity (Wildman–Crippen MR) is 93.2 cm³/mol. The van der Waals surface area contributed by atoms with Gasteiger partial charge in [0.05, 0.1) is 11.1 Å². The first-order chi connectivity index (χ1) is 9.99. The lowest BCUT2D eigenvalue weighted by atomic mass is 10.1. The summed E-state index contributed by atoms with van der Waals surface area (Å²) in [4.78, 5) is 4.65. The zero-order valence-electron chi connectivity index (χ0n) is 13.0. The molecule has 0 saturated carbocycles. The van der Waals surface area contributed by atoms with Gasteiger partial charge < -0.3 is 10.4 Å². The van der Waals surface area contributed by atoms with Crippen molar-refractivity contribution in [1.29, 1.82) is 0 Å². The molecule has 0 unspecified atom stereocenters. The lowest BCUT2D eigenvalue weighted by molar-refractivity contribution is 0.107. The van der Waals surface area contributed by atoms with Crippen LogP contribution in [0.5, 0.6) is 0 Å². The van der Waals surface area contributed by atoms with Crippen LogP contribution in [-0.4, -0.2) is 33.7 Å². The number of hydrogen-bond acceptors (Lipinski definition) is 4. The van der Waals surface area contributed by atoms with Crippen LogP contribution in [0.25, 0.3) is 10.9 Å². The van der Waals surface area contributed by atoms with Gasteiger partial charge in [0, 0.05) is 34.8 Å². The van der Waals surface area contributed by atoms with E-state index in [4.69, 9.17) is 0 Å². The monoisotopic (exact) mass is 304 g/mol. The van der Waals surface area contributed by atoms with Crippen LogP contribution in [0, 0.1) is 0 Å². The van der Waals surface area contributed by atoms with Crippen LogP contribution < -0.4 is 5.32 Å². The van der Waals surface area contributed by atoms with Crippen LogP contribution in [0.3, 0.4) is 0 Å². The van der Waals surface area contributed by atoms with Gasteiger partial charge in [-0.3, -0.25) is 4.98 Å². The van der Waals surface area contributed by atoms with Gasteiger partial charge in [-0.05, 0) is 32.4 Å². The number of pyridine rings is 1. The highest BCUT2D eigenvalue weighted by Gasteiger charge is 2.11. The summed E-state index contributed by atoms with van der Waals surface area (Å²) in [5.41, 5.74) is 2.72. The molecule has 2 aromatic rings. The van der Waals surface area contributed by atoms with Gasteiger partial charge in [0.2, 0.25) is 0 Å². The van der Waals surface area contributed by atoms with Crippen molar-refractivity contribution in [3.8, 4) is 0 Å². The predicted octanol–water partition coefficient (Wildman–Crippen LogP) is 3.71. The molecule has 1 aromatic carbocycles. The fraction of sp³-hybridized carbons (Fsp3) is 0.471. The SMILES string of the molecule is CCc1cc(NCCSCC(C)(C)O)c2ccccc2n1. The molecule has 114 valence electrons. The first-order valence-corrected chi connectivity index (χ1v) is 8.58. The number of aliphatic hydroxyl groups is 1. The smallest absolute Gasteiger partial charge is 0.0726 e. The molecule has 0 fully saturated rings. The van der Waals surface area contributed by atoms with E-state index in [1.807, 2.05) is 26.0 Å². The van der Waals surface area contributed by atoms with Gasteiger partial charge in [0.25, 0.3) is 0 Å². The van der Waals surface area contributed by atoms with Crippen LogP contribution in [0.15, 0.2) is 30.3 Å². The van der Waals surface area contributed by atoms with Gasteiger partial charge in [-0.25, -0.2) is 0 Å². The van der Waals surface area contributed by atoms with Crippen LogP contribution in [0.1, 0.15) is 26.5 Å². The van der Waals surface area contributed by atoms with Gasteiger partial charge >= 0.3 is 0 Å². The topological polar surface area (TPSA) is 45.1 Å². The number of anilines is 1. The van der Waals surface area contributed by atoms with E-state index >= 15 is 0 Å². The number of aryl methyl sites for hydroxylation is 1. The number of hydrogen-bond donors (Lipinski definition) is 2. The lowest BCUT2D eigenvalue weighted by Gasteiger charge is -2.16. The maximum Gasteiger partial charge on any atom is 0.0726 e. The minimum absolute atomic E-state index is 0.594. The Labute approximate surface area is 131 Å². The number of rotatable bonds is 7. The minimum atomic E-state index is -0.594. The first-order valence-electron chi connectivity index (χ1n) is 7.42. The van der Waals surface area contributed by atoms with Crippen molar-refractivity contribution < 1.29 is 5.11 Å². The fourth-order valence-corrected chi connectivity index (χ4v) is 3.03. The van der Waals surface area contributed by atoms with E-state index < -0.39 is 5.60 Å². The second kappa shape index (κ2) is 7.14. The Morgan fingerprint density at radius 3 is 2.76 bits per heavy atom. The highest BCUT2D eigenvalue weighted by molar-refractivity contribution is 7.99. The molecule has 0 saturated heterocycles. The highest BCUT2D eigenvalue weighted by atomic mass is 32.2. The Bertz CT molecular complexity index is 593. The molecule has 2 rings (SSSR count). The largest absolute Gasteiger partial charge is 0.390 e. The van der Waals surface area contributed by atoms with Gasteiger partial charge in [-0.1, -0.05) is 25.1 Å². The zero-order valence-corrected chi connectivity index (χ0v) is 13.8. The van der Waals surface area contributed by atoms with E-state index in [9.17, 15) is 5.11 Å². The number of para-hydroxylation sites is 1. The molecule has 3 nitrogen and oxygen atoms in total. The molecule has 0 spiro atoms. The third-order valence-corrected chi connectivity index (χ3v) is 4.55. The molecule has 0 aliphatic rings. The maximum atomic E-state index is 9.69. The van der Waals surface area contributed by atoms with Gasteiger partial charge in [-0.15, -0.1) is 0 Å². The van der Waals surface area contributed by atoms with Gasteiger partial charge in [0.15, 0.2) is 0 Å². The molecule has 21 heavy (non-hydrogen) atoms. The summed E-state index contributed by atoms with van der Waals surface area (Å²) in [5.74, 6) is 1.73. The fourth-order valence-electron chi connectivity index (χ4n) is 2.14. The van der Waals surface area contributed by atoms with Crippen LogP contribution in [0.2, 0.25) is 0 Å². The molecule has 2 N–H and O–H groups in total. The zero-order chi connectivity index (χ0) is 15.3. The summed E-state index contributed by atoms with van der Waals surface area (Å²) in [7, 11) is 0. The van der Waals surface area contributed by atoms with Crippen LogP contribution >= 0.6 is 11.8 Å². The molecule has 1 aromatic heterocycles. The standard InChI is InChI=1S/C17H24N2OS/c1-4-13-11-16(14-7-5-6-8-15(14)19-13)18-9-10-21-12-17(2,3)20/h5-8,11,20H,4,9-10,12H2,1-3H3,(H,18,19). The number of aromatic nitrogens is 1. The van der Waals surface area contributed by atoms with E-state index in [1.54, 1.807) is 11.8 Å². The van der Waals surface area contributed by atoms with E-state index in [-0.39, 0.29) is 0 Å². The molecule has 4 heteroatoms. The summed E-state index contributed by atoms with van der Waals surface area (Å²) in [6.07, 6.45) is 0.937. The first kappa shape index (κ1) is 16.1. The highest BCUT2D eigenvalue weighted by Crippen LogP contribution is 2.23. The number of fused-ring (bicyclic) bond motifs is 1. The van der Waals surface area contributed by atoms with Crippen molar-refractivity contribution in [2.45, 2.75) is 32.8 Å². The normalized spacial score (nSPS) is 11.8. The quantitative estimate of drug-likeness (QED) is 0.765. The summed E-state index contributed by atoms with van der Waals surface area (Å²) < 4.78 is 0. The Hall–Kier alpha value is -1.26. The summed E-state index contributed by atoms with van der Waals surface area (Å²) in [6.45, 7) is 6.70. The summed E-state index contributed by atoms with van der Waals surface area (Å²) in [5, 5.41) is 14.4. The molecular formula is C17H24N2OS. The van der Waals surface area contributed by atoms with Crippen LogP contribution in [0.4, 0.5) is 5.69 Å². The second-order valence-electron chi connectivity index (χ2n) is 5.82. The molecule has 0 bridgehead atoms. The number of benzene rings is 1. The number of nitrogens with one attached hydrogen (secondary N) is 1. The molecule has 0 aliphatic heterocycles. The van der Waals surface area contributed by atoms with Crippen LogP contribution in [-0.2, 0) is 6.42 Å². The van der Waals surface area contributed by atoms with Crippen molar-refractivity contribution >= 4 is 28.4 Å².